The van der Waals surface area contributed by atoms with Crippen LogP contribution < -0.4 is 16.4 Å². The molecule has 0 spiro atoms. The van der Waals surface area contributed by atoms with Crippen LogP contribution in [0.1, 0.15) is 46.0 Å². The smallest absolute Gasteiger partial charge is 0.303 e. The summed E-state index contributed by atoms with van der Waals surface area (Å²) in [5.41, 5.74) is 2.74. The number of ether oxygens (including phenoxy) is 1. The molecule has 37 heavy (non-hydrogen) atoms. The highest BCUT2D eigenvalue weighted by Crippen LogP contribution is 2.24. The first-order chi connectivity index (χ1) is 17.3. The van der Waals surface area contributed by atoms with Gasteiger partial charge in [0.2, 0.25) is 17.4 Å². The van der Waals surface area contributed by atoms with Gasteiger partial charge in [0.15, 0.2) is 0 Å². The average Bonchev–Trinajstić information content (AvgIpc) is 2.86. The number of nitrogens with one attached hydrogen (secondary N) is 2. The third-order valence-electron chi connectivity index (χ3n) is 5.94. The zero-order chi connectivity index (χ0) is 28.3. The molecule has 0 saturated carbocycles. The summed E-state index contributed by atoms with van der Waals surface area (Å²) in [5.74, 6) is -5.24. The van der Waals surface area contributed by atoms with E-state index in [0.29, 0.717) is 12.8 Å². The fourth-order valence-corrected chi connectivity index (χ4v) is 3.83. The molecule has 0 aromatic carbocycles. The van der Waals surface area contributed by atoms with Gasteiger partial charge in [-0.1, -0.05) is 0 Å². The number of carboxylic acids is 1. The summed E-state index contributed by atoms with van der Waals surface area (Å²) >= 11 is 0. The molecule has 4 amide bonds. The van der Waals surface area contributed by atoms with Gasteiger partial charge in [-0.2, -0.15) is 0 Å². The van der Waals surface area contributed by atoms with Crippen molar-refractivity contribution >= 4 is 35.9 Å². The first-order valence-corrected chi connectivity index (χ1v) is 11.8. The SMILES string of the molecule is CC(=O)N[C@@H](C=O)[C@@H](OC(C)(C(=O)NC(CCC(=O)O)C(N)=O)C(=O)N1CCCCC1)[C@H](O)[C@H](O)CO. The number of nitrogens with two attached hydrogens (primary N) is 1. The summed E-state index contributed by atoms with van der Waals surface area (Å²) in [5, 5.41) is 43.2. The number of primary amides is 1. The fraction of sp³-hybridized carbons (Fsp3) is 0.727. The lowest BCUT2D eigenvalue weighted by molar-refractivity contribution is -0.192. The fourth-order valence-electron chi connectivity index (χ4n) is 3.83. The number of carbonyl (C=O) groups excluding carboxylic acids is 5. The number of hydrogen-bond donors (Lipinski definition) is 7. The number of aliphatic hydroxyl groups excluding tert-OH is 3. The van der Waals surface area contributed by atoms with Gasteiger partial charge in [-0.15, -0.1) is 0 Å². The third-order valence-corrected chi connectivity index (χ3v) is 5.94. The summed E-state index contributed by atoms with van der Waals surface area (Å²) in [7, 11) is 0. The number of aliphatic carboxylic acids is 1. The highest BCUT2D eigenvalue weighted by atomic mass is 16.5. The van der Waals surface area contributed by atoms with Crippen LogP contribution in [0.4, 0.5) is 0 Å². The number of hydrogen-bond acceptors (Lipinski definition) is 10. The zero-order valence-corrected chi connectivity index (χ0v) is 20.8. The van der Waals surface area contributed by atoms with Gasteiger partial charge in [0.1, 0.15) is 36.7 Å². The second-order valence-corrected chi connectivity index (χ2v) is 8.93. The summed E-state index contributed by atoms with van der Waals surface area (Å²) in [4.78, 5) is 74.5. The lowest BCUT2D eigenvalue weighted by Gasteiger charge is -2.40. The molecule has 210 valence electrons. The molecule has 1 heterocycles. The lowest BCUT2D eigenvalue weighted by atomic mass is 9.96. The number of amides is 4. The molecule has 8 N–H and O–H groups in total. The molecule has 6 atom stereocenters. The number of carbonyl (C=O) groups is 6. The predicted octanol–water partition coefficient (Wildman–Crippen LogP) is -3.60. The first-order valence-electron chi connectivity index (χ1n) is 11.8. The molecule has 1 aliphatic rings. The summed E-state index contributed by atoms with van der Waals surface area (Å²) in [6.07, 6.45) is -4.60. The second-order valence-electron chi connectivity index (χ2n) is 8.93. The number of aliphatic hydroxyl groups is 3. The normalized spacial score (nSPS) is 19.3. The molecular formula is C22H36N4O11. The molecule has 1 rings (SSSR count). The van der Waals surface area contributed by atoms with E-state index in [9.17, 15) is 44.1 Å². The van der Waals surface area contributed by atoms with Crippen LogP contribution in [0.3, 0.4) is 0 Å². The molecule has 1 aliphatic heterocycles. The van der Waals surface area contributed by atoms with E-state index in [4.69, 9.17) is 15.6 Å². The van der Waals surface area contributed by atoms with E-state index >= 15 is 0 Å². The maximum absolute atomic E-state index is 13.6. The van der Waals surface area contributed by atoms with Crippen molar-refractivity contribution in [3.63, 3.8) is 0 Å². The minimum absolute atomic E-state index is 0.155. The van der Waals surface area contributed by atoms with Crippen molar-refractivity contribution in [2.75, 3.05) is 19.7 Å². The van der Waals surface area contributed by atoms with E-state index in [1.54, 1.807) is 0 Å². The molecule has 1 saturated heterocycles. The second kappa shape index (κ2) is 14.6. The molecule has 0 radical (unpaired) electrons. The van der Waals surface area contributed by atoms with E-state index in [1.165, 1.54) is 4.90 Å². The third kappa shape index (κ3) is 9.03. The summed E-state index contributed by atoms with van der Waals surface area (Å²) < 4.78 is 5.72. The number of piperidine rings is 1. The van der Waals surface area contributed by atoms with E-state index in [-0.39, 0.29) is 19.4 Å². The molecule has 2 unspecified atom stereocenters. The van der Waals surface area contributed by atoms with Crippen LogP contribution in [-0.4, -0.2) is 117 Å². The van der Waals surface area contributed by atoms with Crippen molar-refractivity contribution in [3.8, 4) is 0 Å². The highest BCUT2D eigenvalue weighted by Gasteiger charge is 2.51. The van der Waals surface area contributed by atoms with Crippen LogP contribution in [0.5, 0.6) is 0 Å². The van der Waals surface area contributed by atoms with Gasteiger partial charge in [-0.3, -0.25) is 24.0 Å². The summed E-state index contributed by atoms with van der Waals surface area (Å²) in [6.45, 7) is 1.56. The molecule has 15 heteroatoms. The van der Waals surface area contributed by atoms with E-state index < -0.39 is 85.0 Å². The quantitative estimate of drug-likeness (QED) is 0.0801. The molecule has 0 aromatic rings. The van der Waals surface area contributed by atoms with Crippen molar-refractivity contribution in [2.24, 2.45) is 5.73 Å². The van der Waals surface area contributed by atoms with Crippen molar-refractivity contribution < 1.29 is 53.9 Å². The number of carboxylic acid groups (broad SMARTS) is 1. The first kappa shape index (κ1) is 31.9. The Bertz CT molecular complexity index is 848. The van der Waals surface area contributed by atoms with Gasteiger partial charge < -0.3 is 51.2 Å². The van der Waals surface area contributed by atoms with Crippen molar-refractivity contribution in [1.29, 1.82) is 0 Å². The van der Waals surface area contributed by atoms with Crippen LogP contribution in [0.15, 0.2) is 0 Å². The molecule has 0 bridgehead atoms. The van der Waals surface area contributed by atoms with E-state index in [1.807, 2.05) is 0 Å². The minimum Gasteiger partial charge on any atom is -0.481 e. The van der Waals surface area contributed by atoms with Crippen molar-refractivity contribution in [1.82, 2.24) is 15.5 Å². The summed E-state index contributed by atoms with van der Waals surface area (Å²) in [6, 6.07) is -3.18. The van der Waals surface area contributed by atoms with Crippen LogP contribution in [-0.2, 0) is 33.5 Å². The Hall–Kier alpha value is -3.14. The minimum atomic E-state index is -2.55. The topological polar surface area (TPSA) is 246 Å². The van der Waals surface area contributed by atoms with Crippen molar-refractivity contribution in [3.05, 3.63) is 0 Å². The lowest BCUT2D eigenvalue weighted by Crippen LogP contribution is -2.65. The molecule has 0 aliphatic carbocycles. The Labute approximate surface area is 213 Å². The number of aldehydes is 1. The van der Waals surface area contributed by atoms with Gasteiger partial charge in [-0.25, -0.2) is 0 Å². The van der Waals surface area contributed by atoms with Crippen LogP contribution in [0.25, 0.3) is 0 Å². The highest BCUT2D eigenvalue weighted by molar-refractivity contribution is 6.09. The Kier molecular flexibility index (Phi) is 12.6. The van der Waals surface area contributed by atoms with Gasteiger partial charge in [-0.05, 0) is 32.6 Å². The maximum atomic E-state index is 13.6. The Morgan fingerprint density at radius 2 is 1.70 bits per heavy atom. The standard InChI is InChI=1S/C22H36N4O11/c1-12(29)24-14(10-27)18(17(33)15(30)11-28)37-22(2,21(36)26-8-4-3-5-9-26)20(35)25-13(19(23)34)6-7-16(31)32/h10,13-15,17-18,28,30,33H,3-9,11H2,1-2H3,(H2,23,34)(H,24,29)(H,25,35)(H,31,32)/t13?,14-,15+,17+,18+,22?/m0/s1. The van der Waals surface area contributed by atoms with Crippen LogP contribution in [0.2, 0.25) is 0 Å². The number of nitrogens with zero attached hydrogens (tertiary/aromatic N) is 1. The molecular weight excluding hydrogens is 496 g/mol. The largest absolute Gasteiger partial charge is 0.481 e. The van der Waals surface area contributed by atoms with Gasteiger partial charge in [0.25, 0.3) is 11.8 Å². The van der Waals surface area contributed by atoms with E-state index in [0.717, 1.165) is 20.3 Å². The van der Waals surface area contributed by atoms with Crippen LogP contribution in [0, 0.1) is 0 Å². The Morgan fingerprint density at radius 3 is 2.16 bits per heavy atom. The maximum Gasteiger partial charge on any atom is 0.303 e. The molecule has 15 nitrogen and oxygen atoms in total. The Balaban J connectivity index is 3.49. The van der Waals surface area contributed by atoms with Gasteiger partial charge >= 0.3 is 5.97 Å². The van der Waals surface area contributed by atoms with Crippen LogP contribution >= 0.6 is 0 Å². The molecule has 1 fully saturated rings. The van der Waals surface area contributed by atoms with Gasteiger partial charge in [0, 0.05) is 26.4 Å². The molecule has 0 aromatic heterocycles. The predicted molar refractivity (Wildman–Crippen MR) is 124 cm³/mol. The monoisotopic (exact) mass is 532 g/mol. The Morgan fingerprint density at radius 1 is 1.11 bits per heavy atom. The number of rotatable bonds is 15. The van der Waals surface area contributed by atoms with Crippen molar-refractivity contribution in [2.45, 2.75) is 81.9 Å². The van der Waals surface area contributed by atoms with E-state index in [2.05, 4.69) is 10.6 Å². The van der Waals surface area contributed by atoms with Gasteiger partial charge in [0.05, 0.1) is 6.61 Å². The zero-order valence-electron chi connectivity index (χ0n) is 20.8. The number of likely N-dealkylation sites (tertiary alicyclic amines) is 1. The average molecular weight is 533 g/mol.